The molecule has 0 bridgehead atoms. The number of aliphatic hydroxyl groups excluding tert-OH is 1. The molecule has 1 aliphatic rings. The summed E-state index contributed by atoms with van der Waals surface area (Å²) < 4.78 is 11.3. The SMILES string of the molecule is CC[C@H](O)CCC1CCc2c(-c3noc(-c4ccc(OC(C)C)c(C#N)c4)n3)cccc21. The third-order valence-corrected chi connectivity index (χ3v) is 6.09. The highest BCUT2D eigenvalue weighted by molar-refractivity contribution is 5.67. The molecule has 1 N–H and O–H groups in total. The molecule has 2 aromatic carbocycles. The minimum absolute atomic E-state index is 0.0165. The number of ether oxygens (including phenoxy) is 1. The maximum atomic E-state index is 9.95. The van der Waals surface area contributed by atoms with Crippen molar-refractivity contribution in [2.24, 2.45) is 0 Å². The van der Waals surface area contributed by atoms with Crippen molar-refractivity contribution in [1.29, 1.82) is 5.26 Å². The van der Waals surface area contributed by atoms with Gasteiger partial charge in [0.05, 0.1) is 17.8 Å². The van der Waals surface area contributed by atoms with Crippen molar-refractivity contribution in [2.75, 3.05) is 0 Å². The molecular weight excluding hydrogens is 402 g/mol. The van der Waals surface area contributed by atoms with Gasteiger partial charge in [-0.1, -0.05) is 30.3 Å². The number of rotatable bonds is 8. The van der Waals surface area contributed by atoms with E-state index in [1.54, 1.807) is 12.1 Å². The first-order chi connectivity index (χ1) is 15.5. The number of aromatic nitrogens is 2. The molecule has 6 heteroatoms. The van der Waals surface area contributed by atoms with Gasteiger partial charge in [-0.3, -0.25) is 0 Å². The smallest absolute Gasteiger partial charge is 0.258 e. The van der Waals surface area contributed by atoms with Crippen LogP contribution < -0.4 is 4.74 Å². The molecular formula is C26H29N3O3. The summed E-state index contributed by atoms with van der Waals surface area (Å²) in [5.74, 6) is 1.95. The summed E-state index contributed by atoms with van der Waals surface area (Å²) in [4.78, 5) is 4.64. The third-order valence-electron chi connectivity index (χ3n) is 6.09. The highest BCUT2D eigenvalue weighted by Crippen LogP contribution is 2.41. The van der Waals surface area contributed by atoms with Gasteiger partial charge < -0.3 is 14.4 Å². The van der Waals surface area contributed by atoms with E-state index in [1.165, 1.54) is 11.1 Å². The molecule has 1 aliphatic carbocycles. The molecule has 0 saturated carbocycles. The van der Waals surface area contributed by atoms with E-state index < -0.39 is 0 Å². The molecule has 1 heterocycles. The molecule has 0 fully saturated rings. The number of nitrogens with zero attached hydrogens (tertiary/aromatic N) is 3. The first kappa shape index (κ1) is 22.0. The van der Waals surface area contributed by atoms with E-state index in [-0.39, 0.29) is 12.2 Å². The molecule has 1 unspecified atom stereocenters. The van der Waals surface area contributed by atoms with Gasteiger partial charge >= 0.3 is 0 Å². The fraction of sp³-hybridized carbons (Fsp3) is 0.423. The van der Waals surface area contributed by atoms with E-state index in [0.717, 1.165) is 37.7 Å². The summed E-state index contributed by atoms with van der Waals surface area (Å²) in [6, 6.07) is 13.8. The highest BCUT2D eigenvalue weighted by Gasteiger charge is 2.27. The molecule has 0 radical (unpaired) electrons. The van der Waals surface area contributed by atoms with Crippen LogP contribution in [0.4, 0.5) is 0 Å². The van der Waals surface area contributed by atoms with Crippen LogP contribution in [0.5, 0.6) is 5.75 Å². The molecule has 2 atom stereocenters. The number of aliphatic hydroxyl groups is 1. The molecule has 6 nitrogen and oxygen atoms in total. The topological polar surface area (TPSA) is 92.2 Å². The second-order valence-corrected chi connectivity index (χ2v) is 8.66. The zero-order valence-corrected chi connectivity index (χ0v) is 18.8. The summed E-state index contributed by atoms with van der Waals surface area (Å²) >= 11 is 0. The Balaban J connectivity index is 1.59. The summed E-state index contributed by atoms with van der Waals surface area (Å²) in [5, 5.41) is 23.7. The first-order valence-corrected chi connectivity index (χ1v) is 11.3. The van der Waals surface area contributed by atoms with Crippen molar-refractivity contribution in [3.63, 3.8) is 0 Å². The molecule has 166 valence electrons. The zero-order chi connectivity index (χ0) is 22.7. The Kier molecular flexibility index (Phi) is 6.57. The van der Waals surface area contributed by atoms with Crippen LogP contribution in [0.15, 0.2) is 40.9 Å². The van der Waals surface area contributed by atoms with Crippen molar-refractivity contribution in [3.05, 3.63) is 53.1 Å². The van der Waals surface area contributed by atoms with Crippen LogP contribution in [-0.2, 0) is 6.42 Å². The Morgan fingerprint density at radius 3 is 2.88 bits per heavy atom. The predicted octanol–water partition coefficient (Wildman–Crippen LogP) is 5.64. The molecule has 0 saturated heterocycles. The van der Waals surface area contributed by atoms with Crippen LogP contribution in [0.25, 0.3) is 22.8 Å². The van der Waals surface area contributed by atoms with Gasteiger partial charge in [-0.05, 0) is 81.2 Å². The predicted molar refractivity (Wildman–Crippen MR) is 122 cm³/mol. The van der Waals surface area contributed by atoms with Gasteiger partial charge in [-0.25, -0.2) is 0 Å². The number of hydrogen-bond acceptors (Lipinski definition) is 6. The largest absolute Gasteiger partial charge is 0.490 e. The molecule has 0 aliphatic heterocycles. The van der Waals surface area contributed by atoms with Gasteiger partial charge in [0.15, 0.2) is 0 Å². The minimum atomic E-state index is -0.224. The van der Waals surface area contributed by atoms with Crippen molar-refractivity contribution in [1.82, 2.24) is 10.1 Å². The normalized spacial score (nSPS) is 16.1. The Hall–Kier alpha value is -3.17. The lowest BCUT2D eigenvalue weighted by molar-refractivity contribution is 0.154. The van der Waals surface area contributed by atoms with Crippen LogP contribution in [-0.4, -0.2) is 27.5 Å². The van der Waals surface area contributed by atoms with Crippen LogP contribution >= 0.6 is 0 Å². The summed E-state index contributed by atoms with van der Waals surface area (Å²) in [6.45, 7) is 5.87. The molecule has 3 aromatic rings. The maximum absolute atomic E-state index is 9.95. The van der Waals surface area contributed by atoms with Crippen LogP contribution in [0.1, 0.15) is 69.1 Å². The van der Waals surface area contributed by atoms with Crippen molar-refractivity contribution in [3.8, 4) is 34.7 Å². The number of benzene rings is 2. The monoisotopic (exact) mass is 431 g/mol. The van der Waals surface area contributed by atoms with Crippen molar-refractivity contribution >= 4 is 0 Å². The van der Waals surface area contributed by atoms with Gasteiger partial charge in [-0.15, -0.1) is 0 Å². The molecule has 32 heavy (non-hydrogen) atoms. The second kappa shape index (κ2) is 9.54. The van der Waals surface area contributed by atoms with Crippen LogP contribution in [0, 0.1) is 11.3 Å². The molecule has 4 rings (SSSR count). The number of fused-ring (bicyclic) bond motifs is 1. The Labute approximate surface area is 188 Å². The maximum Gasteiger partial charge on any atom is 0.258 e. The lowest BCUT2D eigenvalue weighted by Crippen LogP contribution is -2.06. The highest BCUT2D eigenvalue weighted by atomic mass is 16.5. The first-order valence-electron chi connectivity index (χ1n) is 11.3. The standard InChI is InChI=1S/C26H29N3O3/c1-4-20(30)11-8-17-9-12-22-21(17)6-5-7-23(22)25-28-26(32-29-25)18-10-13-24(31-16(2)3)19(14-18)15-27/h5-7,10,13-14,16-17,20,30H,4,8-9,11-12H2,1-3H3/t17?,20-/m0/s1. The van der Waals surface area contributed by atoms with Gasteiger partial charge in [0.25, 0.3) is 5.89 Å². The molecule has 0 amide bonds. The zero-order valence-electron chi connectivity index (χ0n) is 18.8. The van der Waals surface area contributed by atoms with Crippen LogP contribution in [0.2, 0.25) is 0 Å². The van der Waals surface area contributed by atoms with Gasteiger partial charge in [0.1, 0.15) is 11.8 Å². The van der Waals surface area contributed by atoms with Gasteiger partial charge in [0, 0.05) is 11.1 Å². The lowest BCUT2D eigenvalue weighted by Gasteiger charge is -2.14. The Bertz CT molecular complexity index is 1130. The summed E-state index contributed by atoms with van der Waals surface area (Å²) in [6.07, 6.45) is 4.43. The quantitative estimate of drug-likeness (QED) is 0.496. The average molecular weight is 432 g/mol. The van der Waals surface area contributed by atoms with E-state index in [9.17, 15) is 10.4 Å². The number of nitriles is 1. The second-order valence-electron chi connectivity index (χ2n) is 8.66. The third kappa shape index (κ3) is 4.53. The summed E-state index contributed by atoms with van der Waals surface area (Å²) in [5.41, 5.74) is 4.73. The number of hydrogen-bond donors (Lipinski definition) is 1. The lowest BCUT2D eigenvalue weighted by atomic mass is 9.93. The fourth-order valence-corrected chi connectivity index (χ4v) is 4.40. The Morgan fingerprint density at radius 2 is 2.12 bits per heavy atom. The van der Waals surface area contributed by atoms with Crippen molar-refractivity contribution < 1.29 is 14.4 Å². The minimum Gasteiger partial charge on any atom is -0.490 e. The molecule has 1 aromatic heterocycles. The van der Waals surface area contributed by atoms with E-state index in [4.69, 9.17) is 9.26 Å². The van der Waals surface area contributed by atoms with E-state index in [0.29, 0.717) is 34.5 Å². The van der Waals surface area contributed by atoms with E-state index in [2.05, 4.69) is 22.3 Å². The Morgan fingerprint density at radius 1 is 1.28 bits per heavy atom. The van der Waals surface area contributed by atoms with Gasteiger partial charge in [0.2, 0.25) is 5.82 Å². The van der Waals surface area contributed by atoms with Crippen molar-refractivity contribution in [2.45, 2.75) is 71.0 Å². The average Bonchev–Trinajstić information content (AvgIpc) is 3.44. The molecule has 0 spiro atoms. The van der Waals surface area contributed by atoms with E-state index in [1.807, 2.05) is 39.0 Å². The van der Waals surface area contributed by atoms with Crippen LogP contribution in [0.3, 0.4) is 0 Å². The fourth-order valence-electron chi connectivity index (χ4n) is 4.40. The van der Waals surface area contributed by atoms with Gasteiger partial charge in [-0.2, -0.15) is 10.2 Å². The summed E-state index contributed by atoms with van der Waals surface area (Å²) in [7, 11) is 0. The van der Waals surface area contributed by atoms with E-state index >= 15 is 0 Å².